The second-order valence-electron chi connectivity index (χ2n) is 9.76. The van der Waals surface area contributed by atoms with Gasteiger partial charge in [0.05, 0.1) is 12.6 Å². The average molecular weight is 684 g/mol. The van der Waals surface area contributed by atoms with Crippen molar-refractivity contribution in [3.8, 4) is 17.2 Å². The zero-order valence-corrected chi connectivity index (χ0v) is 24.1. The Hall–Kier alpha value is -4.03. The fraction of sp³-hybridized carbons (Fsp3) is 0.360. The topological polar surface area (TPSA) is 125 Å². The molecule has 3 aromatic heterocycles. The van der Waals surface area contributed by atoms with Crippen LogP contribution in [0.2, 0.25) is 5.02 Å². The van der Waals surface area contributed by atoms with Gasteiger partial charge in [-0.2, -0.15) is 26.3 Å². The van der Waals surface area contributed by atoms with E-state index in [2.05, 4.69) is 25.5 Å². The number of rotatable bonds is 8. The Morgan fingerprint density at radius 1 is 1.09 bits per heavy atom. The summed E-state index contributed by atoms with van der Waals surface area (Å²) in [6, 6.07) is 3.77. The first-order valence-corrected chi connectivity index (χ1v) is 13.2. The summed E-state index contributed by atoms with van der Waals surface area (Å²) in [5, 5.41) is 12.7. The second-order valence-corrected chi connectivity index (χ2v) is 10.2. The van der Waals surface area contributed by atoms with E-state index in [0.29, 0.717) is 9.59 Å². The highest BCUT2D eigenvalue weighted by Crippen LogP contribution is 2.32. The van der Waals surface area contributed by atoms with Crippen molar-refractivity contribution in [3.05, 3.63) is 75.8 Å². The standard InChI is InChI=1S/C25H21ClF7N9O2.ClH/c26-14-5-3-13(4-6-14)20-39-41(11-19-36-12-42(38-19)21-16(24(28,29)30)2-1-7-34-21)23(44)40(20)10-18(25(31,32)33)37-22(43)17-8-15(27)9-35-17;/h1-7,12,15,17-18,35H,8-11H2,(H,37,43);1H/t15?,17-,18?;/m0./s1. The van der Waals surface area contributed by atoms with Crippen molar-refractivity contribution < 1.29 is 35.5 Å². The molecule has 0 saturated carbocycles. The van der Waals surface area contributed by atoms with Gasteiger partial charge in [0.25, 0.3) is 0 Å². The van der Waals surface area contributed by atoms with Crippen molar-refractivity contribution >= 4 is 29.9 Å². The van der Waals surface area contributed by atoms with Crippen LogP contribution in [0.1, 0.15) is 17.8 Å². The van der Waals surface area contributed by atoms with E-state index >= 15 is 0 Å². The van der Waals surface area contributed by atoms with Crippen molar-refractivity contribution in [3.63, 3.8) is 0 Å². The van der Waals surface area contributed by atoms with E-state index in [9.17, 15) is 40.3 Å². The minimum Gasteiger partial charge on any atom is -0.342 e. The molecule has 1 aromatic carbocycles. The number of benzene rings is 1. The molecule has 1 aliphatic heterocycles. The van der Waals surface area contributed by atoms with Crippen LogP contribution in [0.25, 0.3) is 17.2 Å². The molecule has 0 radical (unpaired) electrons. The summed E-state index contributed by atoms with van der Waals surface area (Å²) in [5.41, 5.74) is -1.97. The molecule has 0 aliphatic carbocycles. The summed E-state index contributed by atoms with van der Waals surface area (Å²) >= 11 is 5.93. The lowest BCUT2D eigenvalue weighted by atomic mass is 10.1. The van der Waals surface area contributed by atoms with Gasteiger partial charge in [0.2, 0.25) is 5.91 Å². The lowest BCUT2D eigenvalue weighted by Gasteiger charge is -2.24. The van der Waals surface area contributed by atoms with E-state index in [1.165, 1.54) is 24.3 Å². The number of halogens is 9. The lowest BCUT2D eigenvalue weighted by molar-refractivity contribution is -0.164. The highest BCUT2D eigenvalue weighted by atomic mass is 35.5. The summed E-state index contributed by atoms with van der Waals surface area (Å²) in [7, 11) is 0. The van der Waals surface area contributed by atoms with Gasteiger partial charge in [-0.1, -0.05) is 11.6 Å². The maximum absolute atomic E-state index is 14.1. The molecule has 1 fully saturated rings. The molecule has 242 valence electrons. The van der Waals surface area contributed by atoms with Crippen molar-refractivity contribution in [2.24, 2.45) is 0 Å². The number of carbonyl (C=O) groups is 1. The van der Waals surface area contributed by atoms with Crippen LogP contribution >= 0.6 is 24.0 Å². The largest absolute Gasteiger partial charge is 0.420 e. The predicted molar refractivity (Wildman–Crippen MR) is 147 cm³/mol. The molecule has 2 unspecified atom stereocenters. The minimum atomic E-state index is -5.03. The number of nitrogens with one attached hydrogen (secondary N) is 2. The van der Waals surface area contributed by atoms with Crippen molar-refractivity contribution in [1.29, 1.82) is 0 Å². The van der Waals surface area contributed by atoms with Crippen molar-refractivity contribution in [2.75, 3.05) is 6.54 Å². The van der Waals surface area contributed by atoms with Gasteiger partial charge in [0.15, 0.2) is 17.5 Å². The SMILES string of the molecule is Cl.O=C(NC(Cn1c(-c2ccc(Cl)cc2)nn(Cc2ncn(-c3ncccc3C(F)(F)F)n2)c1=O)C(F)(F)F)[C@@H]1CC(F)CN1. The zero-order valence-electron chi connectivity index (χ0n) is 22.6. The monoisotopic (exact) mass is 683 g/mol. The van der Waals surface area contributed by atoms with Crippen LogP contribution in [-0.4, -0.2) is 71.0 Å². The first-order chi connectivity index (χ1) is 20.7. The van der Waals surface area contributed by atoms with Crippen LogP contribution in [0.5, 0.6) is 0 Å². The Labute approximate surface area is 259 Å². The number of hydrogen-bond acceptors (Lipinski definition) is 7. The van der Waals surface area contributed by atoms with Gasteiger partial charge in [-0.25, -0.2) is 28.5 Å². The van der Waals surface area contributed by atoms with Crippen molar-refractivity contribution in [1.82, 2.24) is 44.7 Å². The van der Waals surface area contributed by atoms with Gasteiger partial charge >= 0.3 is 18.0 Å². The highest BCUT2D eigenvalue weighted by Gasteiger charge is 2.43. The normalized spacial score (nSPS) is 17.6. The van der Waals surface area contributed by atoms with Gasteiger partial charge < -0.3 is 10.6 Å². The Kier molecular flexibility index (Phi) is 9.88. The summed E-state index contributed by atoms with van der Waals surface area (Å²) in [6.45, 7) is -1.84. The van der Waals surface area contributed by atoms with E-state index in [-0.39, 0.29) is 42.6 Å². The molecule has 20 heteroatoms. The van der Waals surface area contributed by atoms with Gasteiger partial charge in [0, 0.05) is 29.7 Å². The zero-order chi connectivity index (χ0) is 31.8. The molecule has 5 rings (SSSR count). The first-order valence-electron chi connectivity index (χ1n) is 12.8. The van der Waals surface area contributed by atoms with Crippen LogP contribution in [0.15, 0.2) is 53.7 Å². The molecular weight excluding hydrogens is 662 g/mol. The summed E-state index contributed by atoms with van der Waals surface area (Å²) in [4.78, 5) is 33.5. The number of hydrogen-bond donors (Lipinski definition) is 2. The molecular formula is C25H22Cl2F7N9O2. The number of carbonyl (C=O) groups excluding carboxylic acids is 1. The summed E-state index contributed by atoms with van der Waals surface area (Å²) < 4.78 is 98.4. The molecule has 1 amide bonds. The molecule has 4 aromatic rings. The summed E-state index contributed by atoms with van der Waals surface area (Å²) in [5.74, 6) is -2.12. The van der Waals surface area contributed by atoms with E-state index in [1.54, 1.807) is 0 Å². The Balaban J connectivity index is 0.00000461. The molecule has 45 heavy (non-hydrogen) atoms. The maximum Gasteiger partial charge on any atom is 0.420 e. The maximum atomic E-state index is 14.1. The van der Waals surface area contributed by atoms with E-state index in [1.807, 2.05) is 5.32 Å². The molecule has 1 saturated heterocycles. The number of alkyl halides is 7. The molecule has 11 nitrogen and oxygen atoms in total. The highest BCUT2D eigenvalue weighted by molar-refractivity contribution is 6.30. The van der Waals surface area contributed by atoms with Crippen LogP contribution in [0, 0.1) is 0 Å². The van der Waals surface area contributed by atoms with Crippen LogP contribution < -0.4 is 16.3 Å². The van der Waals surface area contributed by atoms with E-state index in [0.717, 1.165) is 34.0 Å². The Morgan fingerprint density at radius 2 is 1.80 bits per heavy atom. The molecule has 1 aliphatic rings. The smallest absolute Gasteiger partial charge is 0.342 e. The Morgan fingerprint density at radius 3 is 2.42 bits per heavy atom. The molecule has 0 bridgehead atoms. The van der Waals surface area contributed by atoms with Crippen LogP contribution in [0.3, 0.4) is 0 Å². The Bertz CT molecular complexity index is 1700. The van der Waals surface area contributed by atoms with Gasteiger partial charge in [0.1, 0.15) is 30.6 Å². The third-order valence-corrected chi connectivity index (χ3v) is 6.89. The van der Waals surface area contributed by atoms with Gasteiger partial charge in [-0.05, 0) is 36.4 Å². The quantitative estimate of drug-likeness (QED) is 0.272. The third kappa shape index (κ3) is 7.62. The number of aromatic nitrogens is 7. The number of pyridine rings is 1. The van der Waals surface area contributed by atoms with Crippen molar-refractivity contribution in [2.45, 2.75) is 50.1 Å². The van der Waals surface area contributed by atoms with Crippen LogP contribution in [0.4, 0.5) is 30.7 Å². The third-order valence-electron chi connectivity index (χ3n) is 6.64. The minimum absolute atomic E-state index is 0. The van der Waals surface area contributed by atoms with Gasteiger partial charge in [-0.15, -0.1) is 22.6 Å². The lowest BCUT2D eigenvalue weighted by Crippen LogP contribution is -2.53. The number of amides is 1. The van der Waals surface area contributed by atoms with E-state index < -0.39 is 66.7 Å². The second kappa shape index (κ2) is 13.1. The first kappa shape index (κ1) is 33.9. The fourth-order valence-corrected chi connectivity index (χ4v) is 4.63. The molecule has 0 spiro atoms. The summed E-state index contributed by atoms with van der Waals surface area (Å²) in [6.07, 6.45) is -9.45. The fourth-order valence-electron chi connectivity index (χ4n) is 4.51. The van der Waals surface area contributed by atoms with Gasteiger partial charge in [-0.3, -0.25) is 9.36 Å². The van der Waals surface area contributed by atoms with E-state index in [4.69, 9.17) is 11.6 Å². The molecule has 3 atom stereocenters. The molecule has 4 heterocycles. The van der Waals surface area contributed by atoms with Crippen LogP contribution in [-0.2, 0) is 24.1 Å². The number of nitrogens with zero attached hydrogens (tertiary/aromatic N) is 7. The predicted octanol–water partition coefficient (Wildman–Crippen LogP) is 3.58. The average Bonchev–Trinajstić information content (AvgIpc) is 3.68. The molecule has 2 N–H and O–H groups in total.